The first kappa shape index (κ1) is 18.0. The van der Waals surface area contributed by atoms with Gasteiger partial charge in [0.1, 0.15) is 0 Å². The van der Waals surface area contributed by atoms with Crippen molar-refractivity contribution < 1.29 is 9.90 Å². The van der Waals surface area contributed by atoms with Crippen LogP contribution in [-0.4, -0.2) is 11.1 Å². The quantitative estimate of drug-likeness (QED) is 0.665. The molecule has 3 atom stereocenters. The molecule has 0 heterocycles. The summed E-state index contributed by atoms with van der Waals surface area (Å²) in [6.45, 7) is 6.67. The zero-order valence-corrected chi connectivity index (χ0v) is 15.0. The number of hydrogen-bond acceptors (Lipinski definition) is 1. The van der Waals surface area contributed by atoms with Gasteiger partial charge in [0.05, 0.1) is 0 Å². The summed E-state index contributed by atoms with van der Waals surface area (Å²) in [7, 11) is 0. The van der Waals surface area contributed by atoms with Crippen molar-refractivity contribution in [3.63, 3.8) is 0 Å². The second-order valence-electron chi connectivity index (χ2n) is 7.71. The van der Waals surface area contributed by atoms with E-state index < -0.39 is 5.97 Å². The van der Waals surface area contributed by atoms with E-state index in [-0.39, 0.29) is 0 Å². The zero-order chi connectivity index (χ0) is 16.8. The van der Waals surface area contributed by atoms with E-state index in [2.05, 4.69) is 39.0 Å². The predicted octanol–water partition coefficient (Wildman–Crippen LogP) is 5.72. The number of carbonyl (C=O) groups is 1. The summed E-state index contributed by atoms with van der Waals surface area (Å²) in [5.74, 6) is 1.09. The molecule has 0 fully saturated rings. The highest BCUT2D eigenvalue weighted by Gasteiger charge is 2.22. The molecule has 0 spiro atoms. The van der Waals surface area contributed by atoms with E-state index in [9.17, 15) is 4.79 Å². The summed E-state index contributed by atoms with van der Waals surface area (Å²) in [4.78, 5) is 10.7. The number of carboxylic acids is 1. The third-order valence-corrected chi connectivity index (χ3v) is 5.47. The molecule has 3 unspecified atom stereocenters. The fraction of sp³-hybridized carbons (Fsp3) is 0.667. The molecule has 0 aromatic heterocycles. The molecule has 2 nitrogen and oxygen atoms in total. The van der Waals surface area contributed by atoms with Crippen LogP contribution in [0.5, 0.6) is 0 Å². The highest BCUT2D eigenvalue weighted by atomic mass is 16.4. The van der Waals surface area contributed by atoms with Gasteiger partial charge in [-0.05, 0) is 67.1 Å². The largest absolute Gasteiger partial charge is 0.481 e. The van der Waals surface area contributed by atoms with Crippen LogP contribution in [0.15, 0.2) is 18.2 Å². The SMILES string of the molecule is Cc1cccc2c1CCCC2CC(C)CCCC(C)CC(=O)O. The van der Waals surface area contributed by atoms with Crippen LogP contribution >= 0.6 is 0 Å². The average Bonchev–Trinajstić information content (AvgIpc) is 2.47. The van der Waals surface area contributed by atoms with Gasteiger partial charge in [0.25, 0.3) is 0 Å². The van der Waals surface area contributed by atoms with Crippen LogP contribution in [0.4, 0.5) is 0 Å². The second-order valence-corrected chi connectivity index (χ2v) is 7.71. The van der Waals surface area contributed by atoms with Crippen molar-refractivity contribution in [2.45, 2.75) is 78.1 Å². The molecule has 0 amide bonds. The fourth-order valence-electron chi connectivity index (χ4n) is 4.19. The maximum absolute atomic E-state index is 10.7. The Hall–Kier alpha value is -1.31. The van der Waals surface area contributed by atoms with Crippen LogP contribution in [0.3, 0.4) is 0 Å². The molecule has 1 N–H and O–H groups in total. The standard InChI is InChI=1S/C21H32O2/c1-15(7-4-8-16(2)14-21(22)23)13-18-10-6-11-19-17(3)9-5-12-20(18)19/h5,9,12,15-16,18H,4,6-8,10-11,13-14H2,1-3H3,(H,22,23). The summed E-state index contributed by atoms with van der Waals surface area (Å²) in [6.07, 6.45) is 8.91. The lowest BCUT2D eigenvalue weighted by Crippen LogP contribution is -2.14. The number of benzene rings is 1. The molecule has 0 bridgehead atoms. The molecule has 2 rings (SSSR count). The van der Waals surface area contributed by atoms with E-state index in [1.54, 1.807) is 11.1 Å². The maximum Gasteiger partial charge on any atom is 0.303 e. The Morgan fingerprint density at radius 2 is 2.00 bits per heavy atom. The van der Waals surface area contributed by atoms with E-state index in [1.807, 2.05) is 0 Å². The minimum Gasteiger partial charge on any atom is -0.481 e. The van der Waals surface area contributed by atoms with Gasteiger partial charge in [0.2, 0.25) is 0 Å². The predicted molar refractivity (Wildman–Crippen MR) is 95.9 cm³/mol. The highest BCUT2D eigenvalue weighted by Crippen LogP contribution is 2.38. The van der Waals surface area contributed by atoms with Gasteiger partial charge in [-0.3, -0.25) is 4.79 Å². The molecule has 0 saturated carbocycles. The molecule has 23 heavy (non-hydrogen) atoms. The minimum atomic E-state index is -0.667. The first-order chi connectivity index (χ1) is 11.0. The van der Waals surface area contributed by atoms with Gasteiger partial charge in [0.15, 0.2) is 0 Å². The third kappa shape index (κ3) is 5.37. The van der Waals surface area contributed by atoms with Crippen molar-refractivity contribution in [2.24, 2.45) is 11.8 Å². The van der Waals surface area contributed by atoms with Crippen LogP contribution in [0.2, 0.25) is 0 Å². The molecule has 0 saturated heterocycles. The first-order valence-electron chi connectivity index (χ1n) is 9.27. The van der Waals surface area contributed by atoms with E-state index in [4.69, 9.17) is 5.11 Å². The zero-order valence-electron chi connectivity index (χ0n) is 15.0. The third-order valence-electron chi connectivity index (χ3n) is 5.47. The Bertz CT molecular complexity index is 521. The normalized spacial score (nSPS) is 19.9. The summed E-state index contributed by atoms with van der Waals surface area (Å²) in [5.41, 5.74) is 4.66. The van der Waals surface area contributed by atoms with Crippen molar-refractivity contribution in [1.29, 1.82) is 0 Å². The molecule has 1 aromatic rings. The van der Waals surface area contributed by atoms with Crippen LogP contribution in [0.1, 0.15) is 81.4 Å². The van der Waals surface area contributed by atoms with Crippen molar-refractivity contribution in [3.05, 3.63) is 34.9 Å². The maximum atomic E-state index is 10.7. The lowest BCUT2D eigenvalue weighted by Gasteiger charge is -2.29. The summed E-state index contributed by atoms with van der Waals surface area (Å²) < 4.78 is 0. The Morgan fingerprint density at radius 1 is 1.26 bits per heavy atom. The van der Waals surface area contributed by atoms with E-state index in [0.29, 0.717) is 12.3 Å². The van der Waals surface area contributed by atoms with Crippen molar-refractivity contribution in [3.8, 4) is 0 Å². The molecule has 1 aliphatic carbocycles. The van der Waals surface area contributed by atoms with Crippen LogP contribution in [0, 0.1) is 18.8 Å². The van der Waals surface area contributed by atoms with Crippen LogP contribution in [-0.2, 0) is 11.2 Å². The number of rotatable bonds is 8. The smallest absolute Gasteiger partial charge is 0.303 e. The minimum absolute atomic E-state index is 0.303. The van der Waals surface area contributed by atoms with Gasteiger partial charge >= 0.3 is 5.97 Å². The van der Waals surface area contributed by atoms with Crippen molar-refractivity contribution >= 4 is 5.97 Å². The number of aryl methyl sites for hydroxylation is 1. The van der Waals surface area contributed by atoms with Gasteiger partial charge in [-0.2, -0.15) is 0 Å². The number of hydrogen-bond donors (Lipinski definition) is 1. The highest BCUT2D eigenvalue weighted by molar-refractivity contribution is 5.66. The van der Waals surface area contributed by atoms with Gasteiger partial charge in [-0.25, -0.2) is 0 Å². The van der Waals surface area contributed by atoms with E-state index in [1.165, 1.54) is 37.7 Å². The topological polar surface area (TPSA) is 37.3 Å². The molecule has 0 radical (unpaired) electrons. The average molecular weight is 316 g/mol. The Labute approximate surface area is 141 Å². The lowest BCUT2D eigenvalue weighted by molar-refractivity contribution is -0.138. The molecule has 0 aliphatic heterocycles. The molecular weight excluding hydrogens is 284 g/mol. The second kappa shape index (κ2) is 8.52. The molecule has 1 aromatic carbocycles. The Kier molecular flexibility index (Phi) is 6.68. The summed E-state index contributed by atoms with van der Waals surface area (Å²) in [6, 6.07) is 6.80. The van der Waals surface area contributed by atoms with Gasteiger partial charge < -0.3 is 5.11 Å². The van der Waals surface area contributed by atoms with Crippen LogP contribution < -0.4 is 0 Å². The Balaban J connectivity index is 1.81. The molecular formula is C21H32O2. The van der Waals surface area contributed by atoms with Crippen molar-refractivity contribution in [1.82, 2.24) is 0 Å². The summed E-state index contributed by atoms with van der Waals surface area (Å²) >= 11 is 0. The summed E-state index contributed by atoms with van der Waals surface area (Å²) in [5, 5.41) is 8.82. The Morgan fingerprint density at radius 3 is 2.74 bits per heavy atom. The number of fused-ring (bicyclic) bond motifs is 1. The number of aliphatic carboxylic acids is 1. The molecule has 128 valence electrons. The van der Waals surface area contributed by atoms with E-state index >= 15 is 0 Å². The van der Waals surface area contributed by atoms with E-state index in [0.717, 1.165) is 24.7 Å². The van der Waals surface area contributed by atoms with Crippen molar-refractivity contribution in [2.75, 3.05) is 0 Å². The fourth-order valence-corrected chi connectivity index (χ4v) is 4.19. The molecule has 1 aliphatic rings. The monoisotopic (exact) mass is 316 g/mol. The van der Waals surface area contributed by atoms with Gasteiger partial charge in [-0.1, -0.05) is 51.3 Å². The number of carboxylic acid groups (broad SMARTS) is 1. The lowest BCUT2D eigenvalue weighted by atomic mass is 9.76. The van der Waals surface area contributed by atoms with Crippen LogP contribution in [0.25, 0.3) is 0 Å². The van der Waals surface area contributed by atoms with Gasteiger partial charge in [-0.15, -0.1) is 0 Å². The first-order valence-corrected chi connectivity index (χ1v) is 9.27. The van der Waals surface area contributed by atoms with Gasteiger partial charge in [0, 0.05) is 6.42 Å². The molecule has 2 heteroatoms.